The fourth-order valence-electron chi connectivity index (χ4n) is 4.32. The van der Waals surface area contributed by atoms with Gasteiger partial charge in [0, 0.05) is 35.8 Å². The van der Waals surface area contributed by atoms with Crippen LogP contribution in [0, 0.1) is 11.8 Å². The van der Waals surface area contributed by atoms with E-state index in [2.05, 4.69) is 15.8 Å². The molecule has 1 aromatic heterocycles. The summed E-state index contributed by atoms with van der Waals surface area (Å²) in [5, 5.41) is 0. The number of nitrogens with one attached hydrogen (secondary N) is 2. The van der Waals surface area contributed by atoms with Gasteiger partial charge in [0.05, 0.1) is 15.7 Å². The average molecular weight is 385 g/mol. The van der Waals surface area contributed by atoms with E-state index in [1.165, 1.54) is 0 Å². The van der Waals surface area contributed by atoms with Crippen molar-refractivity contribution in [2.75, 3.05) is 6.54 Å². The maximum atomic E-state index is 12.8. The van der Waals surface area contributed by atoms with Crippen molar-refractivity contribution in [2.45, 2.75) is 41.0 Å². The number of hydrogen-bond acceptors (Lipinski definition) is 5. The van der Waals surface area contributed by atoms with Crippen LogP contribution in [0.5, 0.6) is 0 Å². The molecule has 4 rings (SSSR count). The van der Waals surface area contributed by atoms with Crippen LogP contribution in [0.2, 0.25) is 0 Å². The highest BCUT2D eigenvalue weighted by atomic mass is 32.2. The number of carbonyl (C=O) groups is 1. The number of rotatable bonds is 4. The van der Waals surface area contributed by atoms with Gasteiger partial charge in [0.1, 0.15) is 0 Å². The molecule has 1 aromatic carbocycles. The van der Waals surface area contributed by atoms with Crippen molar-refractivity contribution in [3.05, 3.63) is 54.4 Å². The number of nitrogens with zero attached hydrogens (tertiary/aromatic N) is 1. The van der Waals surface area contributed by atoms with Crippen molar-refractivity contribution in [3.8, 4) is 0 Å². The zero-order valence-corrected chi connectivity index (χ0v) is 15.8. The highest BCUT2D eigenvalue weighted by Crippen LogP contribution is 2.42. The molecule has 0 radical (unpaired) electrons. The van der Waals surface area contributed by atoms with Crippen LogP contribution >= 0.6 is 0 Å². The summed E-state index contributed by atoms with van der Waals surface area (Å²) in [6.45, 7) is 0.491. The first-order valence-electron chi connectivity index (χ1n) is 9.34. The Hall–Kier alpha value is -2.09. The molecule has 0 bridgehead atoms. The maximum absolute atomic E-state index is 12.8. The molecule has 142 valence electrons. The van der Waals surface area contributed by atoms with E-state index < -0.39 is 10.8 Å². The monoisotopic (exact) mass is 384 g/mol. The third kappa shape index (κ3) is 3.67. The Labute approximate surface area is 161 Å². The highest BCUT2D eigenvalue weighted by molar-refractivity contribution is 7.85. The van der Waals surface area contributed by atoms with Gasteiger partial charge in [0.25, 0.3) is 0 Å². The number of amides is 1. The van der Waals surface area contributed by atoms with Gasteiger partial charge in [-0.1, -0.05) is 18.2 Å². The van der Waals surface area contributed by atoms with Crippen LogP contribution in [0.1, 0.15) is 30.7 Å². The summed E-state index contributed by atoms with van der Waals surface area (Å²) in [4.78, 5) is 18.0. The Kier molecular flexibility index (Phi) is 5.33. The van der Waals surface area contributed by atoms with Crippen molar-refractivity contribution in [2.24, 2.45) is 17.6 Å². The van der Waals surface area contributed by atoms with E-state index in [4.69, 9.17) is 5.73 Å². The molecule has 2 fully saturated rings. The van der Waals surface area contributed by atoms with Crippen LogP contribution < -0.4 is 16.6 Å². The predicted octanol–water partition coefficient (Wildman–Crippen LogP) is 1.71. The van der Waals surface area contributed by atoms with Gasteiger partial charge in [-0.05, 0) is 54.9 Å². The van der Waals surface area contributed by atoms with E-state index >= 15 is 0 Å². The molecule has 1 saturated carbocycles. The van der Waals surface area contributed by atoms with Crippen LogP contribution in [0.4, 0.5) is 0 Å². The Morgan fingerprint density at radius 2 is 1.96 bits per heavy atom. The topological polar surface area (TPSA) is 97.1 Å². The third-order valence-electron chi connectivity index (χ3n) is 5.77. The molecule has 1 amide bonds. The first kappa shape index (κ1) is 18.3. The van der Waals surface area contributed by atoms with Crippen LogP contribution in [0.25, 0.3) is 0 Å². The Bertz CT molecular complexity index is 845. The van der Waals surface area contributed by atoms with Gasteiger partial charge in [-0.25, -0.2) is 9.63 Å². The lowest BCUT2D eigenvalue weighted by molar-refractivity contribution is -0.133. The Balaban J connectivity index is 1.56. The van der Waals surface area contributed by atoms with E-state index in [1.807, 2.05) is 42.6 Å². The summed E-state index contributed by atoms with van der Waals surface area (Å²) >= 11 is 0. The van der Waals surface area contributed by atoms with E-state index in [-0.39, 0.29) is 23.8 Å². The molecule has 1 aliphatic carbocycles. The number of hydrogen-bond donors (Lipinski definition) is 3. The average Bonchev–Trinajstić information content (AvgIpc) is 2.74. The summed E-state index contributed by atoms with van der Waals surface area (Å²) in [7, 11) is -1.24. The van der Waals surface area contributed by atoms with Gasteiger partial charge in [-0.15, -0.1) is 0 Å². The molecule has 0 spiro atoms. The molecule has 2 aliphatic rings. The van der Waals surface area contributed by atoms with Crippen molar-refractivity contribution in [1.82, 2.24) is 15.8 Å². The van der Waals surface area contributed by atoms with Crippen molar-refractivity contribution in [1.29, 1.82) is 0 Å². The number of hydrazine groups is 1. The highest BCUT2D eigenvalue weighted by Gasteiger charge is 2.42. The lowest BCUT2D eigenvalue weighted by Gasteiger charge is -2.43. The molecular formula is C20H24N4O2S. The molecule has 7 heteroatoms. The van der Waals surface area contributed by atoms with E-state index in [0.717, 1.165) is 34.6 Å². The van der Waals surface area contributed by atoms with E-state index in [1.54, 1.807) is 6.20 Å². The normalized spacial score (nSPS) is 28.9. The summed E-state index contributed by atoms with van der Waals surface area (Å²) in [6.07, 6.45) is 6.19. The van der Waals surface area contributed by atoms with E-state index in [0.29, 0.717) is 12.5 Å². The number of aromatic nitrogens is 1. The summed E-state index contributed by atoms with van der Waals surface area (Å²) in [5.74, 6) is 0.602. The number of pyridine rings is 1. The lowest BCUT2D eigenvalue weighted by Crippen LogP contribution is -2.62. The molecule has 2 heterocycles. The third-order valence-corrected chi connectivity index (χ3v) is 7.12. The quantitative estimate of drug-likeness (QED) is 0.746. The van der Waals surface area contributed by atoms with Gasteiger partial charge in [0.2, 0.25) is 5.91 Å². The van der Waals surface area contributed by atoms with Crippen molar-refractivity contribution in [3.63, 3.8) is 0 Å². The maximum Gasteiger partial charge on any atom is 0.237 e. The van der Waals surface area contributed by atoms with Crippen LogP contribution in [0.15, 0.2) is 58.6 Å². The SMILES string of the molecule is NCC1NNC(=O)C2CCC(c3cncc(S(=O)c4ccccc4)c3)CC12. The number of carbonyl (C=O) groups excluding carboxylic acids is 1. The molecule has 1 saturated heterocycles. The molecule has 2 aromatic rings. The minimum absolute atomic E-state index is 0.0191. The first-order valence-corrected chi connectivity index (χ1v) is 10.5. The molecule has 4 N–H and O–H groups in total. The molecular weight excluding hydrogens is 360 g/mol. The first-order chi connectivity index (χ1) is 13.2. The van der Waals surface area contributed by atoms with Crippen LogP contribution in [-0.2, 0) is 15.6 Å². The van der Waals surface area contributed by atoms with E-state index in [9.17, 15) is 9.00 Å². The smallest absolute Gasteiger partial charge is 0.237 e. The lowest BCUT2D eigenvalue weighted by atomic mass is 9.68. The van der Waals surface area contributed by atoms with Gasteiger partial charge in [-0.2, -0.15) is 0 Å². The molecule has 6 nitrogen and oxygen atoms in total. The Morgan fingerprint density at radius 1 is 1.15 bits per heavy atom. The minimum atomic E-state index is -1.24. The molecule has 5 unspecified atom stereocenters. The fraction of sp³-hybridized carbons (Fsp3) is 0.400. The van der Waals surface area contributed by atoms with Gasteiger partial charge >= 0.3 is 0 Å². The number of nitrogens with two attached hydrogens (primary N) is 1. The standard InChI is InChI=1S/C20H24N4O2S/c21-10-19-18-9-13(6-7-17(18)20(25)24-23-19)14-8-16(12-22-11-14)27(26)15-4-2-1-3-5-15/h1-5,8,11-13,17-19,23H,6-7,9-10,21H2,(H,24,25). The van der Waals surface area contributed by atoms with Crippen LogP contribution in [-0.4, -0.2) is 27.7 Å². The molecule has 27 heavy (non-hydrogen) atoms. The zero-order chi connectivity index (χ0) is 18.8. The predicted molar refractivity (Wildman–Crippen MR) is 103 cm³/mol. The molecule has 5 atom stereocenters. The number of fused-ring (bicyclic) bond motifs is 1. The second-order valence-electron chi connectivity index (χ2n) is 7.29. The summed E-state index contributed by atoms with van der Waals surface area (Å²) in [6, 6.07) is 11.5. The summed E-state index contributed by atoms with van der Waals surface area (Å²) < 4.78 is 12.8. The van der Waals surface area contributed by atoms with Gasteiger partial charge < -0.3 is 5.73 Å². The van der Waals surface area contributed by atoms with Gasteiger partial charge in [0.15, 0.2) is 0 Å². The summed E-state index contributed by atoms with van der Waals surface area (Å²) in [5.41, 5.74) is 12.8. The van der Waals surface area contributed by atoms with Crippen molar-refractivity contribution >= 4 is 16.7 Å². The number of benzene rings is 1. The largest absolute Gasteiger partial charge is 0.329 e. The second kappa shape index (κ2) is 7.88. The fourth-order valence-corrected chi connectivity index (χ4v) is 5.39. The Morgan fingerprint density at radius 3 is 2.74 bits per heavy atom. The van der Waals surface area contributed by atoms with Crippen molar-refractivity contribution < 1.29 is 9.00 Å². The van der Waals surface area contributed by atoms with Crippen LogP contribution in [0.3, 0.4) is 0 Å². The molecule has 1 aliphatic heterocycles. The second-order valence-corrected chi connectivity index (χ2v) is 8.77. The zero-order valence-electron chi connectivity index (χ0n) is 15.0. The van der Waals surface area contributed by atoms with Gasteiger partial charge in [-0.3, -0.25) is 15.2 Å². The minimum Gasteiger partial charge on any atom is -0.329 e.